The zero-order valence-electron chi connectivity index (χ0n) is 20.1. The molecule has 2 heterocycles. The van der Waals surface area contributed by atoms with Crippen molar-refractivity contribution in [2.24, 2.45) is 19.2 Å². The van der Waals surface area contributed by atoms with Crippen LogP contribution in [0.5, 0.6) is 5.75 Å². The van der Waals surface area contributed by atoms with Gasteiger partial charge in [-0.3, -0.25) is 13.9 Å². The highest BCUT2D eigenvalue weighted by Crippen LogP contribution is 2.17. The zero-order valence-corrected chi connectivity index (χ0v) is 20.1. The molecule has 0 amide bonds. The fraction of sp³-hybridized carbons (Fsp3) is 0.280. The standard InChI is InChI=1S/C25H28N6O4/c1-16-5-9-18(10-6-16)13-26-28-24-27-22-21(23(33)30(4)25(34)29(22)3)31(24)14-19(32)15-35-20-11-7-17(2)8-12-20/h5-13,19,32H,14-15H2,1-4H3,(H,27,28). The van der Waals surface area contributed by atoms with Crippen molar-refractivity contribution in [3.8, 4) is 5.75 Å². The number of anilines is 1. The van der Waals surface area contributed by atoms with Crippen LogP contribution in [-0.2, 0) is 20.6 Å². The molecule has 2 aromatic carbocycles. The Morgan fingerprint density at radius 2 is 1.66 bits per heavy atom. The number of benzene rings is 2. The van der Waals surface area contributed by atoms with E-state index in [1.54, 1.807) is 6.21 Å². The van der Waals surface area contributed by atoms with Gasteiger partial charge < -0.3 is 14.4 Å². The lowest BCUT2D eigenvalue weighted by Gasteiger charge is -2.15. The van der Waals surface area contributed by atoms with Gasteiger partial charge in [0.05, 0.1) is 12.8 Å². The zero-order chi connectivity index (χ0) is 25.1. The molecule has 0 saturated heterocycles. The summed E-state index contributed by atoms with van der Waals surface area (Å²) in [6.45, 7) is 3.98. The third-order valence-electron chi connectivity index (χ3n) is 5.66. The Morgan fingerprint density at radius 1 is 1.03 bits per heavy atom. The number of nitrogens with one attached hydrogen (secondary N) is 1. The van der Waals surface area contributed by atoms with Gasteiger partial charge in [-0.2, -0.15) is 10.1 Å². The van der Waals surface area contributed by atoms with Gasteiger partial charge in [0.1, 0.15) is 18.5 Å². The van der Waals surface area contributed by atoms with Crippen LogP contribution >= 0.6 is 0 Å². The molecule has 0 aliphatic heterocycles. The van der Waals surface area contributed by atoms with Crippen molar-refractivity contribution >= 4 is 23.3 Å². The second-order valence-corrected chi connectivity index (χ2v) is 8.48. The highest BCUT2D eigenvalue weighted by molar-refractivity contribution is 5.80. The van der Waals surface area contributed by atoms with E-state index in [0.717, 1.165) is 21.3 Å². The topological polar surface area (TPSA) is 116 Å². The van der Waals surface area contributed by atoms with Gasteiger partial charge in [0.15, 0.2) is 11.2 Å². The van der Waals surface area contributed by atoms with Crippen LogP contribution in [0.15, 0.2) is 63.2 Å². The molecule has 182 valence electrons. The van der Waals surface area contributed by atoms with Gasteiger partial charge in [0.2, 0.25) is 5.95 Å². The van der Waals surface area contributed by atoms with Gasteiger partial charge >= 0.3 is 5.69 Å². The molecule has 1 unspecified atom stereocenters. The van der Waals surface area contributed by atoms with Gasteiger partial charge in [0.25, 0.3) is 5.56 Å². The fourth-order valence-electron chi connectivity index (χ4n) is 3.62. The number of nitrogens with zero attached hydrogens (tertiary/aromatic N) is 5. The first-order valence-corrected chi connectivity index (χ1v) is 11.1. The highest BCUT2D eigenvalue weighted by Gasteiger charge is 2.21. The molecule has 0 fully saturated rings. The van der Waals surface area contributed by atoms with Crippen LogP contribution in [-0.4, -0.2) is 42.7 Å². The molecule has 0 aliphatic carbocycles. The van der Waals surface area contributed by atoms with Crippen molar-refractivity contribution in [1.82, 2.24) is 18.7 Å². The average Bonchev–Trinajstić information content (AvgIpc) is 3.20. The quantitative estimate of drug-likeness (QED) is 0.297. The van der Waals surface area contributed by atoms with E-state index >= 15 is 0 Å². The number of aromatic nitrogens is 4. The Kier molecular flexibility index (Phi) is 6.83. The summed E-state index contributed by atoms with van der Waals surface area (Å²) in [5.41, 5.74) is 5.32. The fourth-order valence-corrected chi connectivity index (χ4v) is 3.62. The second kappa shape index (κ2) is 9.98. The number of hydrazone groups is 1. The molecule has 0 bridgehead atoms. The highest BCUT2D eigenvalue weighted by atomic mass is 16.5. The minimum absolute atomic E-state index is 0.000881. The molecule has 2 aromatic heterocycles. The van der Waals surface area contributed by atoms with E-state index in [-0.39, 0.29) is 30.3 Å². The van der Waals surface area contributed by atoms with Gasteiger partial charge in [-0.25, -0.2) is 10.2 Å². The summed E-state index contributed by atoms with van der Waals surface area (Å²) in [7, 11) is 2.94. The van der Waals surface area contributed by atoms with Gasteiger partial charge in [0, 0.05) is 14.1 Å². The van der Waals surface area contributed by atoms with E-state index in [2.05, 4.69) is 15.5 Å². The van der Waals surface area contributed by atoms with Gasteiger partial charge in [-0.1, -0.05) is 47.5 Å². The van der Waals surface area contributed by atoms with Crippen molar-refractivity contribution in [3.05, 3.63) is 86.1 Å². The SMILES string of the molecule is Cc1ccc(C=NNc2nc3c(c(=O)n(C)c(=O)n3C)n2CC(O)COc2ccc(C)cc2)cc1. The van der Waals surface area contributed by atoms with Crippen LogP contribution in [0.4, 0.5) is 5.95 Å². The van der Waals surface area contributed by atoms with Gasteiger partial charge in [-0.05, 0) is 31.5 Å². The molecular formula is C25H28N6O4. The molecule has 2 N–H and O–H groups in total. The third-order valence-corrected chi connectivity index (χ3v) is 5.66. The Bertz CT molecular complexity index is 1480. The molecule has 35 heavy (non-hydrogen) atoms. The van der Waals surface area contributed by atoms with Crippen molar-refractivity contribution < 1.29 is 9.84 Å². The lowest BCUT2D eigenvalue weighted by Crippen LogP contribution is -2.38. The van der Waals surface area contributed by atoms with E-state index in [4.69, 9.17) is 4.74 Å². The van der Waals surface area contributed by atoms with Crippen LogP contribution in [0.25, 0.3) is 11.2 Å². The van der Waals surface area contributed by atoms with E-state index in [0.29, 0.717) is 5.75 Å². The summed E-state index contributed by atoms with van der Waals surface area (Å²) < 4.78 is 9.52. The third kappa shape index (κ3) is 5.17. The number of aliphatic hydroxyl groups is 1. The normalized spacial score (nSPS) is 12.4. The molecule has 10 heteroatoms. The van der Waals surface area contributed by atoms with Crippen molar-refractivity contribution in [2.75, 3.05) is 12.0 Å². The average molecular weight is 477 g/mol. The molecule has 0 saturated carbocycles. The maximum Gasteiger partial charge on any atom is 0.332 e. The van der Waals surface area contributed by atoms with E-state index in [1.807, 2.05) is 62.4 Å². The first-order valence-electron chi connectivity index (χ1n) is 11.1. The maximum atomic E-state index is 13.0. The van der Waals surface area contributed by atoms with E-state index in [1.165, 1.54) is 23.2 Å². The molecule has 4 rings (SSSR count). The minimum Gasteiger partial charge on any atom is -0.491 e. The number of aliphatic hydroxyl groups excluding tert-OH is 1. The molecule has 0 radical (unpaired) electrons. The molecule has 0 aliphatic rings. The van der Waals surface area contributed by atoms with Crippen molar-refractivity contribution in [2.45, 2.75) is 26.5 Å². The number of hydrogen-bond acceptors (Lipinski definition) is 7. The predicted octanol–water partition coefficient (Wildman–Crippen LogP) is 1.94. The van der Waals surface area contributed by atoms with E-state index < -0.39 is 17.4 Å². The summed E-state index contributed by atoms with van der Waals surface area (Å²) >= 11 is 0. The lowest BCUT2D eigenvalue weighted by atomic mass is 10.2. The Balaban J connectivity index is 1.64. The van der Waals surface area contributed by atoms with Crippen LogP contribution in [0, 0.1) is 13.8 Å². The minimum atomic E-state index is -0.961. The maximum absolute atomic E-state index is 13.0. The first-order chi connectivity index (χ1) is 16.7. The lowest BCUT2D eigenvalue weighted by molar-refractivity contribution is 0.0938. The molecule has 4 aromatic rings. The van der Waals surface area contributed by atoms with Crippen LogP contribution in [0.2, 0.25) is 0 Å². The van der Waals surface area contributed by atoms with Crippen molar-refractivity contribution in [1.29, 1.82) is 0 Å². The number of imidazole rings is 1. The Morgan fingerprint density at radius 3 is 2.31 bits per heavy atom. The molecule has 1 atom stereocenters. The molecule has 0 spiro atoms. The van der Waals surface area contributed by atoms with Crippen molar-refractivity contribution in [3.63, 3.8) is 0 Å². The van der Waals surface area contributed by atoms with E-state index in [9.17, 15) is 14.7 Å². The molecule has 10 nitrogen and oxygen atoms in total. The Hall–Kier alpha value is -4.18. The number of aryl methyl sites for hydroxylation is 3. The van der Waals surface area contributed by atoms with Crippen LogP contribution in [0.1, 0.15) is 16.7 Å². The summed E-state index contributed by atoms with van der Waals surface area (Å²) in [6.07, 6.45) is 0.661. The predicted molar refractivity (Wildman–Crippen MR) is 135 cm³/mol. The number of fused-ring (bicyclic) bond motifs is 1. The summed E-state index contributed by atoms with van der Waals surface area (Å²) in [5, 5.41) is 15.0. The monoisotopic (exact) mass is 476 g/mol. The number of hydrogen-bond donors (Lipinski definition) is 2. The summed E-state index contributed by atoms with van der Waals surface area (Å²) in [6, 6.07) is 15.3. The summed E-state index contributed by atoms with van der Waals surface area (Å²) in [5.74, 6) is 0.848. The second-order valence-electron chi connectivity index (χ2n) is 8.48. The number of rotatable bonds is 8. The first kappa shape index (κ1) is 24.0. The smallest absolute Gasteiger partial charge is 0.332 e. The van der Waals surface area contributed by atoms with Gasteiger partial charge in [-0.15, -0.1) is 0 Å². The van der Waals surface area contributed by atoms with Crippen LogP contribution < -0.4 is 21.4 Å². The largest absolute Gasteiger partial charge is 0.491 e. The summed E-state index contributed by atoms with van der Waals surface area (Å²) in [4.78, 5) is 29.8. The molecular weight excluding hydrogens is 448 g/mol. The Labute approximate surface area is 201 Å². The van der Waals surface area contributed by atoms with Crippen LogP contribution in [0.3, 0.4) is 0 Å². The number of ether oxygens (including phenoxy) is 1.